The summed E-state index contributed by atoms with van der Waals surface area (Å²) in [4.78, 5) is 0. The van der Waals surface area contributed by atoms with Crippen LogP contribution in [0.5, 0.6) is 0 Å². The summed E-state index contributed by atoms with van der Waals surface area (Å²) in [7, 11) is 9.71. The fraction of sp³-hybridized carbons (Fsp3) is 0. The summed E-state index contributed by atoms with van der Waals surface area (Å²) in [6.07, 6.45) is 0. The topological polar surface area (TPSA) is 0 Å². The summed E-state index contributed by atoms with van der Waals surface area (Å²) in [6, 6.07) is 23.4. The second-order valence-corrected chi connectivity index (χ2v) is 6.39. The van der Waals surface area contributed by atoms with E-state index in [2.05, 4.69) is 66.7 Å². The molecule has 3 aromatic carbocycles. The SMILES string of the molecule is [Cl][Ru][Cl].c1ccc(-c2c[cH-]c3ccccc23)cc1. The molecule has 0 N–H and O–H groups in total. The van der Waals surface area contributed by atoms with Gasteiger partial charge in [0.05, 0.1) is 0 Å². The molecule has 0 bridgehead atoms. The molecule has 18 heavy (non-hydrogen) atoms. The summed E-state index contributed by atoms with van der Waals surface area (Å²) in [6.45, 7) is 0. The van der Waals surface area contributed by atoms with Gasteiger partial charge in [-0.1, -0.05) is 42.0 Å². The molecule has 3 heteroatoms. The van der Waals surface area contributed by atoms with E-state index < -0.39 is 0 Å². The van der Waals surface area contributed by atoms with Crippen LogP contribution in [-0.4, -0.2) is 0 Å². The van der Waals surface area contributed by atoms with Crippen LogP contribution >= 0.6 is 19.4 Å². The van der Waals surface area contributed by atoms with Crippen LogP contribution in [-0.2, 0) is 15.1 Å². The van der Waals surface area contributed by atoms with Crippen LogP contribution in [0.4, 0.5) is 0 Å². The third-order valence-corrected chi connectivity index (χ3v) is 2.77. The quantitative estimate of drug-likeness (QED) is 0.390. The van der Waals surface area contributed by atoms with E-state index in [4.69, 9.17) is 19.4 Å². The molecule has 0 fully saturated rings. The van der Waals surface area contributed by atoms with Crippen LogP contribution in [0.15, 0.2) is 66.7 Å². The summed E-state index contributed by atoms with van der Waals surface area (Å²) in [5, 5.41) is 2.65. The Bertz CT molecular complexity index is 602. The Balaban J connectivity index is 0.000000367. The minimum atomic E-state index is -0.346. The van der Waals surface area contributed by atoms with Crippen molar-refractivity contribution in [1.82, 2.24) is 0 Å². The first-order valence-corrected chi connectivity index (χ1v) is 9.89. The smallest absolute Gasteiger partial charge is 0.0623 e. The van der Waals surface area contributed by atoms with E-state index in [9.17, 15) is 0 Å². The zero-order valence-corrected chi connectivity index (χ0v) is 12.7. The van der Waals surface area contributed by atoms with Crippen molar-refractivity contribution in [2.75, 3.05) is 0 Å². The normalized spacial score (nSPS) is 10.1. The zero-order chi connectivity index (χ0) is 12.8. The predicted molar refractivity (Wildman–Crippen MR) is 76.7 cm³/mol. The maximum absolute atomic E-state index is 4.85. The van der Waals surface area contributed by atoms with Gasteiger partial charge in [0, 0.05) is 0 Å². The molecular formula is C15H11Cl2Ru-. The number of hydrogen-bond acceptors (Lipinski definition) is 0. The van der Waals surface area contributed by atoms with Gasteiger partial charge in [-0.15, -0.1) is 46.7 Å². The van der Waals surface area contributed by atoms with Crippen molar-refractivity contribution < 1.29 is 15.1 Å². The Hall–Kier alpha value is -0.747. The Morgan fingerprint density at radius 3 is 2.17 bits per heavy atom. The molecule has 0 aliphatic heterocycles. The van der Waals surface area contributed by atoms with Crippen molar-refractivity contribution in [2.45, 2.75) is 0 Å². The molecule has 0 unspecified atom stereocenters. The van der Waals surface area contributed by atoms with E-state index in [1.165, 1.54) is 21.9 Å². The summed E-state index contributed by atoms with van der Waals surface area (Å²) >= 11 is -0.346. The second kappa shape index (κ2) is 6.99. The van der Waals surface area contributed by atoms with E-state index in [1.807, 2.05) is 0 Å². The van der Waals surface area contributed by atoms with Gasteiger partial charge in [-0.25, -0.2) is 0 Å². The summed E-state index contributed by atoms with van der Waals surface area (Å²) in [5.41, 5.74) is 2.62. The fourth-order valence-electron chi connectivity index (χ4n) is 2.02. The molecule has 0 aliphatic rings. The van der Waals surface area contributed by atoms with Gasteiger partial charge in [-0.2, -0.15) is 0 Å². The molecule has 3 aromatic rings. The molecule has 0 nitrogen and oxygen atoms in total. The largest absolute Gasteiger partial charge is 0.150 e. The van der Waals surface area contributed by atoms with Crippen molar-refractivity contribution in [2.24, 2.45) is 0 Å². The molecule has 0 saturated heterocycles. The molecule has 0 spiro atoms. The number of benzene rings is 2. The first-order chi connectivity index (χ1) is 8.86. The molecule has 0 amide bonds. The predicted octanol–water partition coefficient (Wildman–Crippen LogP) is 5.60. The molecule has 0 heterocycles. The minimum Gasteiger partial charge on any atom is -0.150 e. The molecule has 3 rings (SSSR count). The Kier molecular flexibility index (Phi) is 5.32. The molecule has 0 saturated carbocycles. The van der Waals surface area contributed by atoms with Crippen LogP contribution in [0.2, 0.25) is 0 Å². The third kappa shape index (κ3) is 3.17. The van der Waals surface area contributed by atoms with Crippen molar-refractivity contribution in [1.29, 1.82) is 0 Å². The number of fused-ring (bicyclic) bond motifs is 1. The zero-order valence-electron chi connectivity index (χ0n) is 9.46. The standard InChI is InChI=1S/C15H11.2ClH.Ru/c1-2-6-12(7-3-1)15-11-10-13-8-4-5-9-14(13)15;;;/h1-11H;2*1H;/q-1;;;+2/p-2. The molecule has 0 aliphatic carbocycles. The molecular weight excluding hydrogens is 352 g/mol. The van der Waals surface area contributed by atoms with Crippen molar-refractivity contribution >= 4 is 30.2 Å². The number of halogens is 2. The number of rotatable bonds is 1. The second-order valence-electron chi connectivity index (χ2n) is 3.75. The van der Waals surface area contributed by atoms with Crippen LogP contribution in [0.25, 0.3) is 21.9 Å². The average molecular weight is 363 g/mol. The molecule has 94 valence electrons. The monoisotopic (exact) mass is 363 g/mol. The Morgan fingerprint density at radius 2 is 1.44 bits per heavy atom. The van der Waals surface area contributed by atoms with Crippen LogP contribution in [0, 0.1) is 0 Å². The van der Waals surface area contributed by atoms with Gasteiger partial charge in [0.25, 0.3) is 0 Å². The van der Waals surface area contributed by atoms with Gasteiger partial charge in [-0.05, 0) is 0 Å². The van der Waals surface area contributed by atoms with Gasteiger partial charge in [0.1, 0.15) is 0 Å². The van der Waals surface area contributed by atoms with Crippen LogP contribution in [0.1, 0.15) is 0 Å². The first kappa shape index (κ1) is 13.7. The van der Waals surface area contributed by atoms with Crippen molar-refractivity contribution in [3.05, 3.63) is 66.7 Å². The van der Waals surface area contributed by atoms with E-state index in [0.29, 0.717) is 0 Å². The van der Waals surface area contributed by atoms with Gasteiger partial charge in [0.15, 0.2) is 0 Å². The minimum absolute atomic E-state index is 0.346. The molecule has 0 aromatic heterocycles. The van der Waals surface area contributed by atoms with E-state index >= 15 is 0 Å². The first-order valence-electron chi connectivity index (χ1n) is 5.42. The van der Waals surface area contributed by atoms with Gasteiger partial charge >= 0.3 is 34.5 Å². The van der Waals surface area contributed by atoms with Crippen molar-refractivity contribution in [3.63, 3.8) is 0 Å². The van der Waals surface area contributed by atoms with E-state index in [-0.39, 0.29) is 15.1 Å². The Labute approximate surface area is 123 Å². The summed E-state index contributed by atoms with van der Waals surface area (Å²) in [5.74, 6) is 0. The maximum atomic E-state index is 4.85. The molecule has 0 atom stereocenters. The maximum Gasteiger partial charge on any atom is -0.0623 e. The van der Waals surface area contributed by atoms with Gasteiger partial charge in [-0.3, -0.25) is 0 Å². The van der Waals surface area contributed by atoms with Gasteiger partial charge in [0.2, 0.25) is 0 Å². The fourth-order valence-corrected chi connectivity index (χ4v) is 2.02. The third-order valence-electron chi connectivity index (χ3n) is 2.77. The van der Waals surface area contributed by atoms with Gasteiger partial charge < -0.3 is 0 Å². The average Bonchev–Trinajstić information content (AvgIpc) is 2.84. The number of hydrogen-bond donors (Lipinski definition) is 0. The summed E-state index contributed by atoms with van der Waals surface area (Å²) < 4.78 is 0. The van der Waals surface area contributed by atoms with Crippen LogP contribution in [0.3, 0.4) is 0 Å². The molecule has 0 radical (unpaired) electrons. The van der Waals surface area contributed by atoms with Crippen LogP contribution < -0.4 is 0 Å². The van der Waals surface area contributed by atoms with Crippen molar-refractivity contribution in [3.8, 4) is 11.1 Å². The van der Waals surface area contributed by atoms with E-state index in [0.717, 1.165) is 0 Å². The van der Waals surface area contributed by atoms with E-state index in [1.54, 1.807) is 0 Å². The Morgan fingerprint density at radius 1 is 0.833 bits per heavy atom.